The first-order valence-electron chi connectivity index (χ1n) is 6.63. The van der Waals surface area contributed by atoms with E-state index in [-0.39, 0.29) is 0 Å². The number of benzene rings is 1. The Labute approximate surface area is 119 Å². The Balaban J connectivity index is 2.12. The molecule has 2 rings (SSSR count). The lowest BCUT2D eigenvalue weighted by Gasteiger charge is -2.13. The molecule has 0 amide bonds. The second-order valence-electron chi connectivity index (χ2n) is 4.72. The normalized spacial score (nSPS) is 10.5. The molecule has 1 N–H and O–H groups in total. The van der Waals surface area contributed by atoms with Gasteiger partial charge in [0.25, 0.3) is 0 Å². The molecule has 19 heavy (non-hydrogen) atoms. The van der Waals surface area contributed by atoms with Crippen LogP contribution in [0.4, 0.5) is 5.69 Å². The van der Waals surface area contributed by atoms with Crippen LogP contribution in [0.25, 0.3) is 0 Å². The average Bonchev–Trinajstić information content (AvgIpc) is 2.67. The third kappa shape index (κ3) is 3.51. The zero-order chi connectivity index (χ0) is 13.8. The highest BCUT2D eigenvalue weighted by molar-refractivity contribution is 7.12. The molecular formula is C16H21NOS. The van der Waals surface area contributed by atoms with Gasteiger partial charge in [0.1, 0.15) is 5.75 Å². The molecule has 0 saturated heterocycles. The quantitative estimate of drug-likeness (QED) is 0.855. The molecule has 0 atom stereocenters. The van der Waals surface area contributed by atoms with Crippen LogP contribution in [-0.4, -0.2) is 6.61 Å². The second kappa shape index (κ2) is 6.11. The SMILES string of the molecule is CCOc1cc(C)ccc1NCc1cc(C)sc1C. The van der Waals surface area contributed by atoms with Crippen LogP contribution < -0.4 is 10.1 Å². The average molecular weight is 275 g/mol. The smallest absolute Gasteiger partial charge is 0.142 e. The lowest BCUT2D eigenvalue weighted by atomic mass is 10.2. The molecule has 0 fully saturated rings. The Morgan fingerprint density at radius 1 is 1.16 bits per heavy atom. The molecule has 0 aliphatic carbocycles. The van der Waals surface area contributed by atoms with E-state index in [1.165, 1.54) is 20.9 Å². The number of rotatable bonds is 5. The molecule has 0 aliphatic heterocycles. The van der Waals surface area contributed by atoms with E-state index in [4.69, 9.17) is 4.74 Å². The number of thiophene rings is 1. The van der Waals surface area contributed by atoms with Gasteiger partial charge in [0.15, 0.2) is 0 Å². The van der Waals surface area contributed by atoms with Gasteiger partial charge >= 0.3 is 0 Å². The Morgan fingerprint density at radius 2 is 1.95 bits per heavy atom. The first-order chi connectivity index (χ1) is 9.10. The van der Waals surface area contributed by atoms with Gasteiger partial charge in [-0.05, 0) is 57.0 Å². The van der Waals surface area contributed by atoms with Crippen molar-refractivity contribution in [2.24, 2.45) is 0 Å². The van der Waals surface area contributed by atoms with E-state index in [2.05, 4.69) is 50.4 Å². The largest absolute Gasteiger partial charge is 0.492 e. The summed E-state index contributed by atoms with van der Waals surface area (Å²) in [6.45, 7) is 9.96. The molecule has 3 heteroatoms. The van der Waals surface area contributed by atoms with Crippen molar-refractivity contribution in [1.82, 2.24) is 0 Å². The van der Waals surface area contributed by atoms with Crippen molar-refractivity contribution in [3.63, 3.8) is 0 Å². The van der Waals surface area contributed by atoms with Crippen LogP contribution in [0.3, 0.4) is 0 Å². The standard InChI is InChI=1S/C16H21NOS/c1-5-18-16-8-11(2)6-7-15(16)17-10-14-9-12(3)19-13(14)4/h6-9,17H,5,10H2,1-4H3. The number of anilines is 1. The van der Waals surface area contributed by atoms with Gasteiger partial charge in [0, 0.05) is 16.3 Å². The molecule has 0 radical (unpaired) electrons. The maximum absolute atomic E-state index is 5.68. The highest BCUT2D eigenvalue weighted by atomic mass is 32.1. The van der Waals surface area contributed by atoms with Gasteiger partial charge in [-0.15, -0.1) is 11.3 Å². The predicted octanol–water partition coefficient (Wildman–Crippen LogP) is 4.68. The summed E-state index contributed by atoms with van der Waals surface area (Å²) < 4.78 is 5.68. The lowest BCUT2D eigenvalue weighted by Crippen LogP contribution is -2.03. The second-order valence-corrected chi connectivity index (χ2v) is 6.19. The summed E-state index contributed by atoms with van der Waals surface area (Å²) in [5, 5.41) is 3.48. The summed E-state index contributed by atoms with van der Waals surface area (Å²) in [5.74, 6) is 0.937. The van der Waals surface area contributed by atoms with Gasteiger partial charge in [-0.2, -0.15) is 0 Å². The minimum absolute atomic E-state index is 0.689. The van der Waals surface area contributed by atoms with Crippen molar-refractivity contribution in [1.29, 1.82) is 0 Å². The molecule has 1 aromatic heterocycles. The van der Waals surface area contributed by atoms with E-state index >= 15 is 0 Å². The van der Waals surface area contributed by atoms with Crippen LogP contribution in [0.1, 0.15) is 27.8 Å². The Kier molecular flexibility index (Phi) is 4.48. The fourth-order valence-corrected chi connectivity index (χ4v) is 3.05. The molecule has 2 aromatic rings. The van der Waals surface area contributed by atoms with E-state index in [1.54, 1.807) is 0 Å². The number of ether oxygens (including phenoxy) is 1. The molecule has 1 heterocycles. The molecule has 0 bridgehead atoms. The summed E-state index contributed by atoms with van der Waals surface area (Å²) in [5.41, 5.74) is 3.65. The van der Waals surface area contributed by atoms with E-state index in [0.29, 0.717) is 6.61 Å². The number of nitrogens with one attached hydrogen (secondary N) is 1. The van der Waals surface area contributed by atoms with Crippen LogP contribution in [0.2, 0.25) is 0 Å². The summed E-state index contributed by atoms with van der Waals surface area (Å²) in [6.07, 6.45) is 0. The van der Waals surface area contributed by atoms with Crippen molar-refractivity contribution < 1.29 is 4.74 Å². The molecular weight excluding hydrogens is 254 g/mol. The highest BCUT2D eigenvalue weighted by Crippen LogP contribution is 2.27. The molecule has 0 saturated carbocycles. The predicted molar refractivity (Wildman–Crippen MR) is 83.5 cm³/mol. The molecule has 0 aliphatic rings. The zero-order valence-electron chi connectivity index (χ0n) is 12.0. The Morgan fingerprint density at radius 3 is 2.58 bits per heavy atom. The number of aryl methyl sites for hydroxylation is 3. The van der Waals surface area contributed by atoms with Crippen LogP contribution in [0, 0.1) is 20.8 Å². The van der Waals surface area contributed by atoms with Crippen LogP contribution in [-0.2, 0) is 6.54 Å². The monoisotopic (exact) mass is 275 g/mol. The first-order valence-corrected chi connectivity index (χ1v) is 7.45. The van der Waals surface area contributed by atoms with Crippen LogP contribution >= 0.6 is 11.3 Å². The molecule has 1 aromatic carbocycles. The molecule has 2 nitrogen and oxygen atoms in total. The summed E-state index contributed by atoms with van der Waals surface area (Å²) in [6, 6.07) is 8.53. The van der Waals surface area contributed by atoms with E-state index in [1.807, 2.05) is 18.3 Å². The zero-order valence-corrected chi connectivity index (χ0v) is 12.9. The van der Waals surface area contributed by atoms with Gasteiger partial charge in [0.2, 0.25) is 0 Å². The van der Waals surface area contributed by atoms with Crippen molar-refractivity contribution in [3.8, 4) is 5.75 Å². The third-order valence-electron chi connectivity index (χ3n) is 3.05. The molecule has 0 spiro atoms. The van der Waals surface area contributed by atoms with Gasteiger partial charge in [-0.25, -0.2) is 0 Å². The van der Waals surface area contributed by atoms with Crippen LogP contribution in [0.15, 0.2) is 24.3 Å². The van der Waals surface area contributed by atoms with Gasteiger partial charge in [0.05, 0.1) is 12.3 Å². The molecule has 0 unspecified atom stereocenters. The fraction of sp³-hybridized carbons (Fsp3) is 0.375. The lowest BCUT2D eigenvalue weighted by molar-refractivity contribution is 0.341. The van der Waals surface area contributed by atoms with Gasteiger partial charge < -0.3 is 10.1 Å². The maximum Gasteiger partial charge on any atom is 0.142 e. The van der Waals surface area contributed by atoms with Crippen molar-refractivity contribution in [3.05, 3.63) is 45.1 Å². The van der Waals surface area contributed by atoms with E-state index in [0.717, 1.165) is 18.0 Å². The number of hydrogen-bond acceptors (Lipinski definition) is 3. The Bertz CT molecular complexity index is 560. The maximum atomic E-state index is 5.68. The summed E-state index contributed by atoms with van der Waals surface area (Å²) in [7, 11) is 0. The fourth-order valence-electron chi connectivity index (χ4n) is 2.10. The third-order valence-corrected chi connectivity index (χ3v) is 4.06. The summed E-state index contributed by atoms with van der Waals surface area (Å²) in [4.78, 5) is 2.75. The minimum Gasteiger partial charge on any atom is -0.492 e. The van der Waals surface area contributed by atoms with E-state index in [9.17, 15) is 0 Å². The van der Waals surface area contributed by atoms with Gasteiger partial charge in [-0.3, -0.25) is 0 Å². The Hall–Kier alpha value is -1.48. The van der Waals surface area contributed by atoms with E-state index < -0.39 is 0 Å². The minimum atomic E-state index is 0.689. The van der Waals surface area contributed by atoms with Crippen LogP contribution in [0.5, 0.6) is 5.75 Å². The van der Waals surface area contributed by atoms with Crippen molar-refractivity contribution in [2.45, 2.75) is 34.2 Å². The van der Waals surface area contributed by atoms with Gasteiger partial charge in [-0.1, -0.05) is 6.07 Å². The topological polar surface area (TPSA) is 21.3 Å². The summed E-state index contributed by atoms with van der Waals surface area (Å²) >= 11 is 1.85. The highest BCUT2D eigenvalue weighted by Gasteiger charge is 2.06. The van der Waals surface area contributed by atoms with Crippen molar-refractivity contribution >= 4 is 17.0 Å². The number of hydrogen-bond donors (Lipinski definition) is 1. The first kappa shape index (κ1) is 13.9. The van der Waals surface area contributed by atoms with Crippen molar-refractivity contribution in [2.75, 3.05) is 11.9 Å². The molecule has 102 valence electrons.